The third-order valence-electron chi connectivity index (χ3n) is 4.04. The molecular weight excluding hydrogens is 320 g/mol. The minimum Gasteiger partial charge on any atom is -0.336 e. The number of nitrogens with one attached hydrogen (secondary N) is 3. The van der Waals surface area contributed by atoms with Crippen molar-refractivity contribution in [3.63, 3.8) is 0 Å². The second kappa shape index (κ2) is 8.50. The summed E-state index contributed by atoms with van der Waals surface area (Å²) in [6, 6.07) is 7.05. The lowest BCUT2D eigenvalue weighted by Crippen LogP contribution is -2.47. The molecule has 0 atom stereocenters. The van der Waals surface area contributed by atoms with Crippen molar-refractivity contribution in [1.82, 2.24) is 10.2 Å². The van der Waals surface area contributed by atoms with Gasteiger partial charge in [-0.25, -0.2) is 4.79 Å². The average molecular weight is 346 g/mol. The molecule has 0 aromatic heterocycles. The lowest BCUT2D eigenvalue weighted by Gasteiger charge is -2.32. The maximum atomic E-state index is 12.4. The summed E-state index contributed by atoms with van der Waals surface area (Å²) in [5, 5.41) is 8.45. The average Bonchev–Trinajstić information content (AvgIpc) is 2.55. The van der Waals surface area contributed by atoms with Crippen LogP contribution in [-0.4, -0.2) is 41.9 Å². The zero-order valence-electron chi connectivity index (χ0n) is 15.0. The van der Waals surface area contributed by atoms with E-state index < -0.39 is 0 Å². The third kappa shape index (κ3) is 5.77. The van der Waals surface area contributed by atoms with E-state index in [0.29, 0.717) is 37.3 Å². The summed E-state index contributed by atoms with van der Waals surface area (Å²) >= 11 is 0. The molecule has 1 heterocycles. The van der Waals surface area contributed by atoms with Crippen LogP contribution in [0.3, 0.4) is 0 Å². The molecule has 1 fully saturated rings. The fraction of sp³-hybridized carbons (Fsp3) is 0.500. The second-order valence-electron chi connectivity index (χ2n) is 6.61. The number of rotatable bonds is 4. The van der Waals surface area contributed by atoms with E-state index >= 15 is 0 Å². The van der Waals surface area contributed by atoms with Gasteiger partial charge in [-0.15, -0.1) is 0 Å². The molecule has 1 saturated heterocycles. The van der Waals surface area contributed by atoms with Crippen LogP contribution < -0.4 is 16.0 Å². The van der Waals surface area contributed by atoms with Gasteiger partial charge in [0.05, 0.1) is 0 Å². The molecule has 7 heteroatoms. The normalized spacial score (nSPS) is 15.0. The minimum atomic E-state index is -0.134. The number of likely N-dealkylation sites (tertiary alicyclic amines) is 1. The fourth-order valence-corrected chi connectivity index (χ4v) is 2.77. The molecule has 0 saturated carbocycles. The summed E-state index contributed by atoms with van der Waals surface area (Å²) in [6.45, 7) is 6.46. The first-order valence-electron chi connectivity index (χ1n) is 8.59. The Bertz CT molecular complexity index is 620. The van der Waals surface area contributed by atoms with Crippen molar-refractivity contribution in [3.05, 3.63) is 24.3 Å². The molecule has 0 aliphatic carbocycles. The monoisotopic (exact) mass is 346 g/mol. The Morgan fingerprint density at radius 3 is 2.00 bits per heavy atom. The maximum Gasteiger partial charge on any atom is 0.317 e. The SMILES string of the molecule is CC(=O)Nc1ccc(NC(=O)C2CCN(C(=O)NC(C)C)CC2)cc1. The predicted molar refractivity (Wildman–Crippen MR) is 97.3 cm³/mol. The standard InChI is InChI=1S/C18H26N4O3/c1-12(2)19-18(25)22-10-8-14(9-11-22)17(24)21-16-6-4-15(5-7-16)20-13(3)23/h4-7,12,14H,8-11H2,1-3H3,(H,19,25)(H,20,23)(H,21,24). The molecule has 1 aliphatic rings. The summed E-state index contributed by atoms with van der Waals surface area (Å²) < 4.78 is 0. The van der Waals surface area contributed by atoms with Crippen LogP contribution in [0.1, 0.15) is 33.6 Å². The van der Waals surface area contributed by atoms with Crippen LogP contribution in [0.15, 0.2) is 24.3 Å². The zero-order valence-corrected chi connectivity index (χ0v) is 15.0. The van der Waals surface area contributed by atoms with Crippen LogP contribution in [0, 0.1) is 5.92 Å². The van der Waals surface area contributed by atoms with Crippen molar-refractivity contribution in [2.24, 2.45) is 5.92 Å². The van der Waals surface area contributed by atoms with Gasteiger partial charge in [-0.1, -0.05) is 0 Å². The Hall–Kier alpha value is -2.57. The molecule has 0 bridgehead atoms. The van der Waals surface area contributed by atoms with E-state index in [1.807, 2.05) is 13.8 Å². The molecule has 0 radical (unpaired) electrons. The summed E-state index contributed by atoms with van der Waals surface area (Å²) in [5.41, 5.74) is 1.38. The van der Waals surface area contributed by atoms with Crippen molar-refractivity contribution in [2.75, 3.05) is 23.7 Å². The quantitative estimate of drug-likeness (QED) is 0.782. The largest absolute Gasteiger partial charge is 0.336 e. The van der Waals surface area contributed by atoms with Crippen molar-refractivity contribution in [1.29, 1.82) is 0 Å². The van der Waals surface area contributed by atoms with E-state index in [4.69, 9.17) is 0 Å². The first-order valence-corrected chi connectivity index (χ1v) is 8.59. The molecule has 0 unspecified atom stereocenters. The molecule has 2 rings (SSSR count). The third-order valence-corrected chi connectivity index (χ3v) is 4.04. The number of piperidine rings is 1. The van der Waals surface area contributed by atoms with Gasteiger partial charge in [-0.05, 0) is 51.0 Å². The molecule has 7 nitrogen and oxygen atoms in total. The molecule has 136 valence electrons. The Labute approximate surface area is 148 Å². The molecule has 0 spiro atoms. The summed E-state index contributed by atoms with van der Waals surface area (Å²) in [4.78, 5) is 37.1. The number of hydrogen-bond acceptors (Lipinski definition) is 3. The number of carbonyl (C=O) groups excluding carboxylic acids is 3. The number of amides is 4. The Morgan fingerprint density at radius 2 is 1.52 bits per heavy atom. The number of nitrogens with zero attached hydrogens (tertiary/aromatic N) is 1. The van der Waals surface area contributed by atoms with Gasteiger partial charge in [0, 0.05) is 43.3 Å². The van der Waals surface area contributed by atoms with Gasteiger partial charge in [0.25, 0.3) is 0 Å². The van der Waals surface area contributed by atoms with Crippen molar-refractivity contribution in [2.45, 2.75) is 39.7 Å². The van der Waals surface area contributed by atoms with Gasteiger partial charge in [0.1, 0.15) is 0 Å². The lowest BCUT2D eigenvalue weighted by atomic mass is 9.96. The van der Waals surface area contributed by atoms with E-state index in [-0.39, 0.29) is 29.8 Å². The molecule has 4 amide bonds. The summed E-state index contributed by atoms with van der Waals surface area (Å²) in [7, 11) is 0. The first kappa shape index (κ1) is 18.8. The second-order valence-corrected chi connectivity index (χ2v) is 6.61. The Morgan fingerprint density at radius 1 is 1.00 bits per heavy atom. The predicted octanol–water partition coefficient (Wildman–Crippen LogP) is 2.41. The highest BCUT2D eigenvalue weighted by atomic mass is 16.2. The van der Waals surface area contributed by atoms with Gasteiger partial charge in [-0.2, -0.15) is 0 Å². The fourth-order valence-electron chi connectivity index (χ4n) is 2.77. The highest BCUT2D eigenvalue weighted by Crippen LogP contribution is 2.20. The molecular formula is C18H26N4O3. The Kier molecular flexibility index (Phi) is 6.38. The van der Waals surface area contributed by atoms with E-state index in [2.05, 4.69) is 16.0 Å². The van der Waals surface area contributed by atoms with Gasteiger partial charge in [-0.3, -0.25) is 9.59 Å². The lowest BCUT2D eigenvalue weighted by molar-refractivity contribution is -0.121. The molecule has 1 aliphatic heterocycles. The van der Waals surface area contributed by atoms with Crippen molar-refractivity contribution >= 4 is 29.2 Å². The van der Waals surface area contributed by atoms with Crippen LogP contribution in [0.2, 0.25) is 0 Å². The van der Waals surface area contributed by atoms with E-state index in [0.717, 1.165) is 0 Å². The number of hydrogen-bond donors (Lipinski definition) is 3. The highest BCUT2D eigenvalue weighted by Gasteiger charge is 2.27. The van der Waals surface area contributed by atoms with Gasteiger partial charge in [0.15, 0.2) is 0 Å². The molecule has 25 heavy (non-hydrogen) atoms. The highest BCUT2D eigenvalue weighted by molar-refractivity contribution is 5.93. The topological polar surface area (TPSA) is 90.5 Å². The first-order chi connectivity index (χ1) is 11.8. The van der Waals surface area contributed by atoms with Gasteiger partial charge >= 0.3 is 6.03 Å². The molecule has 1 aromatic rings. The van der Waals surface area contributed by atoms with Crippen molar-refractivity contribution < 1.29 is 14.4 Å². The van der Waals surface area contributed by atoms with Gasteiger partial charge in [0.2, 0.25) is 11.8 Å². The molecule has 3 N–H and O–H groups in total. The number of carbonyl (C=O) groups is 3. The molecule has 1 aromatic carbocycles. The smallest absolute Gasteiger partial charge is 0.317 e. The number of urea groups is 1. The van der Waals surface area contributed by atoms with Crippen LogP contribution in [0.4, 0.5) is 16.2 Å². The summed E-state index contributed by atoms with van der Waals surface area (Å²) in [5.74, 6) is -0.264. The number of anilines is 2. The van der Waals surface area contributed by atoms with Crippen molar-refractivity contribution in [3.8, 4) is 0 Å². The summed E-state index contributed by atoms with van der Waals surface area (Å²) in [6.07, 6.45) is 1.31. The van der Waals surface area contributed by atoms with E-state index in [1.165, 1.54) is 6.92 Å². The Balaban J connectivity index is 1.82. The maximum absolute atomic E-state index is 12.4. The van der Waals surface area contributed by atoms with E-state index in [9.17, 15) is 14.4 Å². The van der Waals surface area contributed by atoms with Crippen LogP contribution in [0.5, 0.6) is 0 Å². The number of benzene rings is 1. The van der Waals surface area contributed by atoms with Gasteiger partial charge < -0.3 is 20.9 Å². The van der Waals surface area contributed by atoms with Crippen LogP contribution >= 0.6 is 0 Å². The van der Waals surface area contributed by atoms with Crippen LogP contribution in [-0.2, 0) is 9.59 Å². The zero-order chi connectivity index (χ0) is 18.4. The van der Waals surface area contributed by atoms with Crippen LogP contribution in [0.25, 0.3) is 0 Å². The van der Waals surface area contributed by atoms with E-state index in [1.54, 1.807) is 29.2 Å². The minimum absolute atomic E-state index is 0.0313.